The van der Waals surface area contributed by atoms with E-state index in [-0.39, 0.29) is 0 Å². The van der Waals surface area contributed by atoms with Crippen molar-refractivity contribution in [1.82, 2.24) is 15.2 Å². The van der Waals surface area contributed by atoms with Gasteiger partial charge in [-0.15, -0.1) is 0 Å². The number of nitrogens with one attached hydrogen (secondary N) is 1. The molecule has 0 atom stereocenters. The molecular formula is C9H8N4. The number of rotatable bonds is 0. The Morgan fingerprint density at radius 2 is 2.23 bits per heavy atom. The Morgan fingerprint density at radius 3 is 3.23 bits per heavy atom. The summed E-state index contributed by atoms with van der Waals surface area (Å²) in [6, 6.07) is 8.10. The van der Waals surface area contributed by atoms with E-state index >= 15 is 0 Å². The second-order valence-electron chi connectivity index (χ2n) is 2.99. The number of hydrogen-bond acceptors (Lipinski definition) is 3. The van der Waals surface area contributed by atoms with Crippen molar-refractivity contribution in [3.05, 3.63) is 30.0 Å². The van der Waals surface area contributed by atoms with E-state index in [2.05, 4.69) is 21.7 Å². The molecule has 1 aromatic carbocycles. The van der Waals surface area contributed by atoms with Crippen LogP contribution in [0.5, 0.6) is 0 Å². The van der Waals surface area contributed by atoms with Gasteiger partial charge in [0.1, 0.15) is 6.34 Å². The van der Waals surface area contributed by atoms with Gasteiger partial charge >= 0.3 is 0 Å². The Bertz CT molecular complexity index is 483. The molecule has 3 rings (SSSR count). The van der Waals surface area contributed by atoms with Crippen LogP contribution in [0.1, 0.15) is 5.69 Å². The van der Waals surface area contributed by atoms with Crippen molar-refractivity contribution in [2.24, 2.45) is 5.10 Å². The molecule has 0 fully saturated rings. The summed E-state index contributed by atoms with van der Waals surface area (Å²) < 4.78 is 1.82. The molecule has 0 aliphatic carbocycles. The molecule has 1 aliphatic rings. The Morgan fingerprint density at radius 1 is 1.31 bits per heavy atom. The second-order valence-corrected chi connectivity index (χ2v) is 2.99. The lowest BCUT2D eigenvalue weighted by atomic mass is 10.2. The largest absolute Gasteiger partial charge is 0.303 e. The van der Waals surface area contributed by atoms with Crippen molar-refractivity contribution in [1.29, 1.82) is 0 Å². The zero-order valence-electron chi connectivity index (χ0n) is 6.94. The normalized spacial score (nSPS) is 14.2. The van der Waals surface area contributed by atoms with E-state index in [0.29, 0.717) is 0 Å². The third-order valence-corrected chi connectivity index (χ3v) is 2.21. The fourth-order valence-corrected chi connectivity index (χ4v) is 1.59. The lowest BCUT2D eigenvalue weighted by molar-refractivity contribution is 0.672. The highest BCUT2D eigenvalue weighted by molar-refractivity contribution is 5.84. The zero-order chi connectivity index (χ0) is 8.67. The molecule has 0 amide bonds. The number of hydrazone groups is 1. The fourth-order valence-electron chi connectivity index (χ4n) is 1.59. The van der Waals surface area contributed by atoms with Gasteiger partial charge in [-0.25, -0.2) is 4.68 Å². The molecule has 1 aliphatic heterocycles. The third kappa shape index (κ3) is 0.853. The summed E-state index contributed by atoms with van der Waals surface area (Å²) in [5, 5.41) is 9.52. The summed E-state index contributed by atoms with van der Waals surface area (Å²) in [6.45, 7) is 0.747. The van der Waals surface area contributed by atoms with Gasteiger partial charge < -0.3 is 5.43 Å². The van der Waals surface area contributed by atoms with Gasteiger partial charge in [0, 0.05) is 5.39 Å². The maximum Gasteiger partial charge on any atom is 0.137 e. The van der Waals surface area contributed by atoms with Crippen LogP contribution in [-0.4, -0.2) is 16.1 Å². The van der Waals surface area contributed by atoms with Crippen molar-refractivity contribution in [3.8, 4) is 0 Å². The van der Waals surface area contributed by atoms with E-state index in [1.165, 1.54) is 11.1 Å². The lowest BCUT2D eigenvalue weighted by Gasteiger charge is -2.07. The molecule has 0 bridgehead atoms. The number of aromatic nitrogens is 2. The third-order valence-electron chi connectivity index (χ3n) is 2.21. The monoisotopic (exact) mass is 172 g/mol. The minimum atomic E-state index is 0.747. The van der Waals surface area contributed by atoms with Crippen LogP contribution in [0.25, 0.3) is 10.9 Å². The summed E-state index contributed by atoms with van der Waals surface area (Å²) in [5.41, 5.74) is 5.12. The fraction of sp³-hybridized carbons (Fsp3) is 0.111. The van der Waals surface area contributed by atoms with Crippen molar-refractivity contribution in [2.45, 2.75) is 6.54 Å². The average molecular weight is 172 g/mol. The molecule has 0 spiro atoms. The van der Waals surface area contributed by atoms with E-state index in [1.807, 2.05) is 22.9 Å². The predicted molar refractivity (Wildman–Crippen MR) is 50.5 cm³/mol. The first-order valence-electron chi connectivity index (χ1n) is 4.17. The molecule has 13 heavy (non-hydrogen) atoms. The average Bonchev–Trinajstić information content (AvgIpc) is 2.56. The van der Waals surface area contributed by atoms with E-state index in [9.17, 15) is 0 Å². The molecule has 0 unspecified atom stereocenters. The van der Waals surface area contributed by atoms with Crippen LogP contribution >= 0.6 is 0 Å². The number of hydrogen-bond donors (Lipinski definition) is 1. The first kappa shape index (κ1) is 6.65. The van der Waals surface area contributed by atoms with Crippen molar-refractivity contribution in [2.75, 3.05) is 0 Å². The lowest BCUT2D eigenvalue weighted by Crippen LogP contribution is -2.18. The summed E-state index contributed by atoms with van der Waals surface area (Å²) in [6.07, 6.45) is 1.69. The van der Waals surface area contributed by atoms with Gasteiger partial charge in [0.05, 0.1) is 17.8 Å². The van der Waals surface area contributed by atoms with Gasteiger partial charge in [-0.1, -0.05) is 18.2 Å². The zero-order valence-corrected chi connectivity index (χ0v) is 6.94. The molecular weight excluding hydrogens is 164 g/mol. The molecule has 0 radical (unpaired) electrons. The van der Waals surface area contributed by atoms with Crippen LogP contribution in [0.2, 0.25) is 0 Å². The van der Waals surface area contributed by atoms with E-state index in [0.717, 1.165) is 12.1 Å². The van der Waals surface area contributed by atoms with Crippen molar-refractivity contribution in [3.63, 3.8) is 0 Å². The Balaban J connectivity index is 2.41. The van der Waals surface area contributed by atoms with Gasteiger partial charge in [-0.3, -0.25) is 0 Å². The first-order valence-corrected chi connectivity index (χ1v) is 4.17. The molecule has 2 aromatic rings. The van der Waals surface area contributed by atoms with E-state index < -0.39 is 0 Å². The number of benzene rings is 1. The maximum atomic E-state index is 4.38. The molecule has 4 heteroatoms. The molecule has 1 N–H and O–H groups in total. The maximum absolute atomic E-state index is 4.38. The SMILES string of the molecule is C1=NNCc2c3ccccc3nn21. The number of nitrogens with zero attached hydrogens (tertiary/aromatic N) is 3. The van der Waals surface area contributed by atoms with Gasteiger partial charge in [0.25, 0.3) is 0 Å². The smallest absolute Gasteiger partial charge is 0.137 e. The quantitative estimate of drug-likeness (QED) is 0.642. The summed E-state index contributed by atoms with van der Waals surface area (Å²) in [7, 11) is 0. The molecule has 0 saturated heterocycles. The van der Waals surface area contributed by atoms with Gasteiger partial charge in [-0.05, 0) is 6.07 Å². The van der Waals surface area contributed by atoms with Crippen LogP contribution < -0.4 is 5.43 Å². The van der Waals surface area contributed by atoms with Gasteiger partial charge in [0.15, 0.2) is 0 Å². The molecule has 0 saturated carbocycles. The predicted octanol–water partition coefficient (Wildman–Crippen LogP) is 0.931. The minimum absolute atomic E-state index is 0.747. The first-order chi connectivity index (χ1) is 6.45. The number of fused-ring (bicyclic) bond motifs is 3. The van der Waals surface area contributed by atoms with Crippen molar-refractivity contribution >= 4 is 17.2 Å². The Labute approximate surface area is 74.9 Å². The summed E-state index contributed by atoms with van der Waals surface area (Å²) in [4.78, 5) is 0. The summed E-state index contributed by atoms with van der Waals surface area (Å²) >= 11 is 0. The van der Waals surface area contributed by atoms with Crippen LogP contribution in [0.15, 0.2) is 29.4 Å². The highest BCUT2D eigenvalue weighted by Crippen LogP contribution is 2.17. The van der Waals surface area contributed by atoms with Crippen LogP contribution in [0.3, 0.4) is 0 Å². The molecule has 1 aromatic heterocycles. The molecule has 64 valence electrons. The van der Waals surface area contributed by atoms with Crippen molar-refractivity contribution < 1.29 is 0 Å². The van der Waals surface area contributed by atoms with E-state index in [4.69, 9.17) is 0 Å². The van der Waals surface area contributed by atoms with Crippen LogP contribution in [0.4, 0.5) is 0 Å². The van der Waals surface area contributed by atoms with Crippen LogP contribution in [0, 0.1) is 0 Å². The Hall–Kier alpha value is -1.84. The van der Waals surface area contributed by atoms with Gasteiger partial charge in [-0.2, -0.15) is 10.2 Å². The summed E-state index contributed by atoms with van der Waals surface area (Å²) in [5.74, 6) is 0. The topological polar surface area (TPSA) is 42.2 Å². The highest BCUT2D eigenvalue weighted by atomic mass is 15.4. The highest BCUT2D eigenvalue weighted by Gasteiger charge is 2.10. The minimum Gasteiger partial charge on any atom is -0.303 e. The standard InChI is InChI=1S/C9H8N4/c1-2-4-8-7(3-1)9-5-10-11-6-13(9)12-8/h1-4,6,10H,5H2. The van der Waals surface area contributed by atoms with E-state index in [1.54, 1.807) is 6.34 Å². The molecule has 2 heterocycles. The van der Waals surface area contributed by atoms with Gasteiger partial charge in [0.2, 0.25) is 0 Å². The Kier molecular flexibility index (Phi) is 1.19. The molecule has 4 nitrogen and oxygen atoms in total. The second kappa shape index (κ2) is 2.32. The van der Waals surface area contributed by atoms with Crippen LogP contribution in [-0.2, 0) is 6.54 Å².